The molecule has 3 atom stereocenters. The van der Waals surface area contributed by atoms with E-state index in [-0.39, 0.29) is 11.9 Å². The number of hydrogen-bond acceptors (Lipinski definition) is 4. The summed E-state index contributed by atoms with van der Waals surface area (Å²) >= 11 is 0. The van der Waals surface area contributed by atoms with Crippen LogP contribution in [0.2, 0.25) is 0 Å². The van der Waals surface area contributed by atoms with Crippen molar-refractivity contribution in [1.29, 1.82) is 0 Å². The Morgan fingerprint density at radius 2 is 2.14 bits per heavy atom. The van der Waals surface area contributed by atoms with Gasteiger partial charge in [-0.15, -0.1) is 0 Å². The normalized spacial score (nSPS) is 32.3. The second kappa shape index (κ2) is 4.57. The first-order valence-electron chi connectivity index (χ1n) is 4.54. The summed E-state index contributed by atoms with van der Waals surface area (Å²) < 4.78 is 15.2. The van der Waals surface area contributed by atoms with E-state index in [1.54, 1.807) is 7.11 Å². The molecule has 4 nitrogen and oxygen atoms in total. The van der Waals surface area contributed by atoms with Crippen LogP contribution in [0.15, 0.2) is 11.6 Å². The van der Waals surface area contributed by atoms with Crippen molar-refractivity contribution in [2.45, 2.75) is 26.2 Å². The fraction of sp³-hybridized carbons (Fsp3) is 0.700. The Morgan fingerprint density at radius 1 is 1.50 bits per heavy atom. The van der Waals surface area contributed by atoms with Crippen LogP contribution in [0.1, 0.15) is 13.8 Å². The van der Waals surface area contributed by atoms with Crippen molar-refractivity contribution in [3.63, 3.8) is 0 Å². The number of esters is 1. The van der Waals surface area contributed by atoms with Crippen molar-refractivity contribution in [1.82, 2.24) is 0 Å². The van der Waals surface area contributed by atoms with Crippen molar-refractivity contribution in [2.24, 2.45) is 5.92 Å². The summed E-state index contributed by atoms with van der Waals surface area (Å²) in [5.41, 5.74) is 0.986. The van der Waals surface area contributed by atoms with Gasteiger partial charge in [0.25, 0.3) is 0 Å². The van der Waals surface area contributed by atoms with E-state index in [9.17, 15) is 4.79 Å². The van der Waals surface area contributed by atoms with Gasteiger partial charge in [0.1, 0.15) is 0 Å². The number of carbonyl (C=O) groups excluding carboxylic acids is 1. The molecule has 0 fully saturated rings. The molecule has 0 spiro atoms. The van der Waals surface area contributed by atoms with Gasteiger partial charge in [0.15, 0.2) is 12.4 Å². The van der Waals surface area contributed by atoms with Crippen LogP contribution in [0.25, 0.3) is 0 Å². The summed E-state index contributed by atoms with van der Waals surface area (Å²) in [6.07, 6.45) is 0.975. The maximum absolute atomic E-state index is 11.3. The molecule has 14 heavy (non-hydrogen) atoms. The third-order valence-electron chi connectivity index (χ3n) is 2.29. The first-order valence-corrected chi connectivity index (χ1v) is 4.54. The van der Waals surface area contributed by atoms with E-state index in [0.717, 1.165) is 5.57 Å². The molecule has 80 valence electrons. The molecule has 4 heteroatoms. The van der Waals surface area contributed by atoms with Gasteiger partial charge in [0, 0.05) is 13.0 Å². The highest BCUT2D eigenvalue weighted by molar-refractivity contribution is 5.75. The molecule has 0 bridgehead atoms. The van der Waals surface area contributed by atoms with E-state index < -0.39 is 12.4 Å². The van der Waals surface area contributed by atoms with Crippen molar-refractivity contribution < 1.29 is 19.0 Å². The van der Waals surface area contributed by atoms with Crippen LogP contribution in [-0.2, 0) is 19.0 Å². The fourth-order valence-corrected chi connectivity index (χ4v) is 1.57. The summed E-state index contributed by atoms with van der Waals surface area (Å²) in [6, 6.07) is 0. The lowest BCUT2D eigenvalue weighted by molar-refractivity contribution is -0.184. The Morgan fingerprint density at radius 3 is 2.64 bits per heavy atom. The number of methoxy groups -OCH3 is 2. The molecule has 1 rings (SSSR count). The van der Waals surface area contributed by atoms with Crippen LogP contribution in [0.5, 0.6) is 0 Å². The lowest BCUT2D eigenvalue weighted by Crippen LogP contribution is -2.39. The summed E-state index contributed by atoms with van der Waals surface area (Å²) in [6.45, 7) is 3.83. The van der Waals surface area contributed by atoms with Gasteiger partial charge in [-0.25, -0.2) is 4.79 Å². The van der Waals surface area contributed by atoms with E-state index in [1.165, 1.54) is 7.11 Å². The minimum Gasteiger partial charge on any atom is -0.467 e. The third-order valence-corrected chi connectivity index (χ3v) is 2.29. The molecule has 1 heterocycles. The average Bonchev–Trinajstić information content (AvgIpc) is 2.17. The monoisotopic (exact) mass is 200 g/mol. The first kappa shape index (κ1) is 11.2. The minimum atomic E-state index is -0.561. The van der Waals surface area contributed by atoms with E-state index in [0.29, 0.717) is 0 Å². The van der Waals surface area contributed by atoms with Crippen molar-refractivity contribution in [3.05, 3.63) is 11.6 Å². The maximum atomic E-state index is 11.3. The second-order valence-corrected chi connectivity index (χ2v) is 3.42. The fourth-order valence-electron chi connectivity index (χ4n) is 1.57. The molecule has 0 saturated carbocycles. The molecule has 0 aromatic heterocycles. The minimum absolute atomic E-state index is 0.0221. The Labute approximate surface area is 83.8 Å². The van der Waals surface area contributed by atoms with Gasteiger partial charge in [0.05, 0.1) is 7.11 Å². The van der Waals surface area contributed by atoms with Crippen molar-refractivity contribution >= 4 is 5.97 Å². The molecule has 3 unspecified atom stereocenters. The predicted octanol–water partition coefficient (Wildman–Crippen LogP) is 1.11. The second-order valence-electron chi connectivity index (χ2n) is 3.42. The van der Waals surface area contributed by atoms with Crippen LogP contribution in [-0.4, -0.2) is 32.6 Å². The molecule has 0 radical (unpaired) electrons. The highest BCUT2D eigenvalue weighted by Crippen LogP contribution is 2.24. The Hall–Kier alpha value is -0.870. The SMILES string of the molecule is COC(=O)C1OC(OC)C(C)=CC1C. The zero-order valence-electron chi connectivity index (χ0n) is 8.94. The Balaban J connectivity index is 2.78. The smallest absolute Gasteiger partial charge is 0.335 e. The molecule has 0 saturated heterocycles. The average molecular weight is 200 g/mol. The van der Waals surface area contributed by atoms with Crippen LogP contribution in [0.3, 0.4) is 0 Å². The highest BCUT2D eigenvalue weighted by Gasteiger charge is 2.33. The Bertz CT molecular complexity index is 247. The van der Waals surface area contributed by atoms with Crippen molar-refractivity contribution in [3.8, 4) is 0 Å². The van der Waals surface area contributed by atoms with Gasteiger partial charge in [-0.05, 0) is 12.5 Å². The quantitative estimate of drug-likeness (QED) is 0.495. The molecule has 1 aliphatic rings. The third kappa shape index (κ3) is 2.13. The van der Waals surface area contributed by atoms with Gasteiger partial charge in [-0.3, -0.25) is 0 Å². The molecule has 0 aromatic carbocycles. The molecular weight excluding hydrogens is 184 g/mol. The molecule has 0 aliphatic carbocycles. The first-order chi connectivity index (χ1) is 6.60. The van der Waals surface area contributed by atoms with Crippen molar-refractivity contribution in [2.75, 3.05) is 14.2 Å². The Kier molecular flexibility index (Phi) is 3.66. The van der Waals surface area contributed by atoms with Gasteiger partial charge in [-0.2, -0.15) is 0 Å². The summed E-state index contributed by atoms with van der Waals surface area (Å²) in [5, 5.41) is 0. The van der Waals surface area contributed by atoms with Crippen LogP contribution in [0, 0.1) is 5.92 Å². The molecule has 0 aromatic rings. The van der Waals surface area contributed by atoms with Gasteiger partial charge >= 0.3 is 5.97 Å². The predicted molar refractivity (Wildman–Crippen MR) is 50.6 cm³/mol. The molecule has 1 aliphatic heterocycles. The number of ether oxygens (including phenoxy) is 3. The maximum Gasteiger partial charge on any atom is 0.335 e. The van der Waals surface area contributed by atoms with Crippen LogP contribution in [0.4, 0.5) is 0 Å². The van der Waals surface area contributed by atoms with Gasteiger partial charge in [-0.1, -0.05) is 13.0 Å². The summed E-state index contributed by atoms with van der Waals surface area (Å²) in [7, 11) is 2.90. The lowest BCUT2D eigenvalue weighted by Gasteiger charge is -2.30. The van der Waals surface area contributed by atoms with Crippen LogP contribution < -0.4 is 0 Å². The van der Waals surface area contributed by atoms with Crippen LogP contribution >= 0.6 is 0 Å². The zero-order chi connectivity index (χ0) is 10.7. The number of carbonyl (C=O) groups is 1. The van der Waals surface area contributed by atoms with E-state index in [2.05, 4.69) is 4.74 Å². The van der Waals surface area contributed by atoms with E-state index >= 15 is 0 Å². The van der Waals surface area contributed by atoms with Gasteiger partial charge in [0.2, 0.25) is 0 Å². The number of hydrogen-bond donors (Lipinski definition) is 0. The molecule has 0 N–H and O–H groups in total. The van der Waals surface area contributed by atoms with E-state index in [1.807, 2.05) is 19.9 Å². The lowest BCUT2D eigenvalue weighted by atomic mass is 9.98. The molecule has 0 amide bonds. The standard InChI is InChI=1S/C10H16O4/c1-6-5-7(2)10(13-4)14-8(6)9(11)12-3/h5-6,8,10H,1-4H3. The zero-order valence-corrected chi connectivity index (χ0v) is 8.94. The van der Waals surface area contributed by atoms with E-state index in [4.69, 9.17) is 9.47 Å². The number of rotatable bonds is 2. The topological polar surface area (TPSA) is 44.8 Å². The summed E-state index contributed by atoms with van der Waals surface area (Å²) in [5.74, 6) is -0.336. The highest BCUT2D eigenvalue weighted by atomic mass is 16.7. The largest absolute Gasteiger partial charge is 0.467 e. The van der Waals surface area contributed by atoms with Gasteiger partial charge < -0.3 is 14.2 Å². The summed E-state index contributed by atoms with van der Waals surface area (Å²) in [4.78, 5) is 11.3. The molecular formula is C10H16O4.